The van der Waals surface area contributed by atoms with E-state index in [1.54, 1.807) is 13.3 Å². The lowest BCUT2D eigenvalue weighted by molar-refractivity contribution is 0.0277. The van der Waals surface area contributed by atoms with Gasteiger partial charge in [0.15, 0.2) is 11.7 Å². The highest BCUT2D eigenvalue weighted by Crippen LogP contribution is 2.20. The highest BCUT2D eigenvalue weighted by atomic mass is 127. The van der Waals surface area contributed by atoms with Crippen LogP contribution in [0.4, 0.5) is 0 Å². The lowest BCUT2D eigenvalue weighted by Gasteiger charge is -2.22. The number of halogens is 1. The van der Waals surface area contributed by atoms with Gasteiger partial charge in [0.2, 0.25) is 5.82 Å². The van der Waals surface area contributed by atoms with Crippen molar-refractivity contribution in [1.29, 1.82) is 0 Å². The van der Waals surface area contributed by atoms with E-state index in [0.717, 1.165) is 37.8 Å². The molecule has 0 atom stereocenters. The van der Waals surface area contributed by atoms with Gasteiger partial charge in [-0.25, -0.2) is 4.98 Å². The number of H-pyrrole nitrogens is 1. The van der Waals surface area contributed by atoms with E-state index in [-0.39, 0.29) is 24.0 Å². The molecule has 2 heterocycles. The minimum atomic E-state index is 0. The van der Waals surface area contributed by atoms with Gasteiger partial charge < -0.3 is 19.8 Å². The molecule has 3 rings (SSSR count). The zero-order valence-electron chi connectivity index (χ0n) is 16.4. The highest BCUT2D eigenvalue weighted by molar-refractivity contribution is 14.0. The number of furan rings is 1. The summed E-state index contributed by atoms with van der Waals surface area (Å²) in [4.78, 5) is 8.67. The van der Waals surface area contributed by atoms with Crippen LogP contribution in [0.2, 0.25) is 0 Å². The summed E-state index contributed by atoms with van der Waals surface area (Å²) in [5.74, 6) is 2.84. The number of aliphatic imine (C=N–C) groups is 1. The van der Waals surface area contributed by atoms with E-state index in [9.17, 15) is 0 Å². The van der Waals surface area contributed by atoms with Crippen LogP contribution in [0.25, 0.3) is 11.6 Å². The molecule has 1 aliphatic carbocycles. The molecule has 3 N–H and O–H groups in total. The number of ether oxygens (including phenoxy) is 1. The van der Waals surface area contributed by atoms with Crippen LogP contribution in [0.3, 0.4) is 0 Å². The molecule has 156 valence electrons. The van der Waals surface area contributed by atoms with Gasteiger partial charge in [-0.2, -0.15) is 5.10 Å². The summed E-state index contributed by atoms with van der Waals surface area (Å²) in [6.07, 6.45) is 10.2. The SMILES string of the molecule is CN=C(NCCCOC1CCCCC1)NCCc1nc(-c2ccco2)n[nH]1.I. The van der Waals surface area contributed by atoms with Crippen molar-refractivity contribution in [1.82, 2.24) is 25.8 Å². The number of nitrogens with zero attached hydrogens (tertiary/aromatic N) is 3. The number of hydrogen-bond acceptors (Lipinski definition) is 5. The monoisotopic (exact) mass is 502 g/mol. The fraction of sp³-hybridized carbons (Fsp3) is 0.632. The number of aromatic amines is 1. The van der Waals surface area contributed by atoms with Crippen LogP contribution < -0.4 is 10.6 Å². The van der Waals surface area contributed by atoms with Crippen molar-refractivity contribution in [2.75, 3.05) is 26.7 Å². The van der Waals surface area contributed by atoms with E-state index >= 15 is 0 Å². The van der Waals surface area contributed by atoms with Crippen molar-refractivity contribution in [2.45, 2.75) is 51.0 Å². The van der Waals surface area contributed by atoms with E-state index < -0.39 is 0 Å². The number of aromatic nitrogens is 3. The van der Waals surface area contributed by atoms with Gasteiger partial charge in [-0.3, -0.25) is 10.1 Å². The molecule has 0 amide bonds. The number of hydrogen-bond donors (Lipinski definition) is 3. The lowest BCUT2D eigenvalue weighted by atomic mass is 9.98. The Kier molecular flexibility index (Phi) is 10.3. The van der Waals surface area contributed by atoms with Gasteiger partial charge in [-0.1, -0.05) is 19.3 Å². The standard InChI is InChI=1S/C19H30N6O2.HI/c1-20-19(21-11-6-14-26-15-7-3-2-4-8-15)22-12-10-17-23-18(25-24-17)16-9-5-13-27-16;/h5,9,13,15H,2-4,6-8,10-12,14H2,1H3,(H2,20,21,22)(H,23,24,25);1H. The normalized spacial score (nSPS) is 15.2. The Bertz CT molecular complexity index is 682. The van der Waals surface area contributed by atoms with Gasteiger partial charge in [0.1, 0.15) is 5.82 Å². The molecule has 2 aromatic heterocycles. The number of nitrogens with one attached hydrogen (secondary N) is 3. The summed E-state index contributed by atoms with van der Waals surface area (Å²) >= 11 is 0. The summed E-state index contributed by atoms with van der Waals surface area (Å²) in [5.41, 5.74) is 0. The van der Waals surface area contributed by atoms with Crippen molar-refractivity contribution >= 4 is 29.9 Å². The maximum Gasteiger partial charge on any atom is 0.216 e. The second-order valence-corrected chi connectivity index (χ2v) is 6.74. The van der Waals surface area contributed by atoms with E-state index in [2.05, 4.69) is 30.8 Å². The topological polar surface area (TPSA) is 100 Å². The molecule has 0 unspecified atom stereocenters. The third kappa shape index (κ3) is 7.42. The third-order valence-electron chi connectivity index (χ3n) is 4.67. The molecule has 28 heavy (non-hydrogen) atoms. The molecule has 8 nitrogen and oxygen atoms in total. The molecule has 2 aromatic rings. The highest BCUT2D eigenvalue weighted by Gasteiger charge is 2.13. The predicted molar refractivity (Wildman–Crippen MR) is 120 cm³/mol. The molecule has 0 aromatic carbocycles. The van der Waals surface area contributed by atoms with Gasteiger partial charge in [0.05, 0.1) is 12.4 Å². The summed E-state index contributed by atoms with van der Waals surface area (Å²) < 4.78 is 11.2. The van der Waals surface area contributed by atoms with Crippen LogP contribution in [-0.2, 0) is 11.2 Å². The Labute approximate surface area is 183 Å². The Balaban J connectivity index is 0.00000280. The van der Waals surface area contributed by atoms with Crippen LogP contribution in [-0.4, -0.2) is 54.0 Å². The minimum absolute atomic E-state index is 0. The minimum Gasteiger partial charge on any atom is -0.461 e. The molecule has 1 saturated carbocycles. The van der Waals surface area contributed by atoms with Crippen LogP contribution >= 0.6 is 24.0 Å². The molecule has 1 fully saturated rings. The summed E-state index contributed by atoms with van der Waals surface area (Å²) in [6, 6.07) is 3.66. The molecule has 0 saturated heterocycles. The van der Waals surface area contributed by atoms with Gasteiger partial charge in [-0.05, 0) is 31.4 Å². The van der Waals surface area contributed by atoms with Crippen molar-refractivity contribution in [3.63, 3.8) is 0 Å². The number of rotatable bonds is 9. The van der Waals surface area contributed by atoms with E-state index in [4.69, 9.17) is 9.15 Å². The van der Waals surface area contributed by atoms with Crippen molar-refractivity contribution in [2.24, 2.45) is 4.99 Å². The molecule has 9 heteroatoms. The fourth-order valence-corrected chi connectivity index (χ4v) is 3.20. The molecule has 1 aliphatic rings. The Hall–Kier alpha value is -1.62. The van der Waals surface area contributed by atoms with E-state index in [0.29, 0.717) is 24.2 Å². The molecule has 0 bridgehead atoms. The van der Waals surface area contributed by atoms with Crippen molar-refractivity contribution < 1.29 is 9.15 Å². The first kappa shape index (κ1) is 22.7. The lowest BCUT2D eigenvalue weighted by Crippen LogP contribution is -2.39. The molecule has 0 radical (unpaired) electrons. The first-order chi connectivity index (χ1) is 13.3. The number of guanidine groups is 1. The second kappa shape index (κ2) is 12.8. The van der Waals surface area contributed by atoms with Gasteiger partial charge >= 0.3 is 0 Å². The first-order valence-electron chi connectivity index (χ1n) is 9.86. The smallest absolute Gasteiger partial charge is 0.216 e. The second-order valence-electron chi connectivity index (χ2n) is 6.74. The van der Waals surface area contributed by atoms with Crippen LogP contribution in [0, 0.1) is 0 Å². The Morgan fingerprint density at radius 3 is 2.86 bits per heavy atom. The molecular weight excluding hydrogens is 471 g/mol. The van der Waals surface area contributed by atoms with Crippen LogP contribution in [0.15, 0.2) is 27.8 Å². The molecular formula is C19H31IN6O2. The van der Waals surface area contributed by atoms with E-state index in [1.165, 1.54) is 32.1 Å². The largest absolute Gasteiger partial charge is 0.461 e. The van der Waals surface area contributed by atoms with Crippen LogP contribution in [0.1, 0.15) is 44.3 Å². The Morgan fingerprint density at radius 1 is 1.29 bits per heavy atom. The summed E-state index contributed by atoms with van der Waals surface area (Å²) in [5, 5.41) is 13.7. The zero-order chi connectivity index (χ0) is 18.7. The molecule has 0 aliphatic heterocycles. The van der Waals surface area contributed by atoms with Crippen LogP contribution in [0.5, 0.6) is 0 Å². The first-order valence-corrected chi connectivity index (χ1v) is 9.86. The summed E-state index contributed by atoms with van der Waals surface area (Å²) in [7, 11) is 1.78. The summed E-state index contributed by atoms with van der Waals surface area (Å²) in [6.45, 7) is 2.37. The van der Waals surface area contributed by atoms with Crippen molar-refractivity contribution in [3.8, 4) is 11.6 Å². The molecule has 0 spiro atoms. The van der Waals surface area contributed by atoms with Gasteiger partial charge in [0, 0.05) is 33.2 Å². The van der Waals surface area contributed by atoms with Crippen molar-refractivity contribution in [3.05, 3.63) is 24.2 Å². The van der Waals surface area contributed by atoms with Gasteiger partial charge in [0.25, 0.3) is 0 Å². The third-order valence-corrected chi connectivity index (χ3v) is 4.67. The Morgan fingerprint density at radius 2 is 2.11 bits per heavy atom. The fourth-order valence-electron chi connectivity index (χ4n) is 3.20. The zero-order valence-corrected chi connectivity index (χ0v) is 18.8. The predicted octanol–water partition coefficient (Wildman–Crippen LogP) is 3.13. The average molecular weight is 502 g/mol. The maximum atomic E-state index is 5.94. The quantitative estimate of drug-likeness (QED) is 0.211. The van der Waals surface area contributed by atoms with E-state index in [1.807, 2.05) is 12.1 Å². The average Bonchev–Trinajstić information content (AvgIpc) is 3.39. The maximum absolute atomic E-state index is 5.94. The van der Waals surface area contributed by atoms with Gasteiger partial charge in [-0.15, -0.1) is 24.0 Å².